The molecule has 0 bridgehead atoms. The van der Waals surface area contributed by atoms with Crippen molar-refractivity contribution in [1.82, 2.24) is 5.32 Å². The van der Waals surface area contributed by atoms with Gasteiger partial charge in [0.1, 0.15) is 5.82 Å². The summed E-state index contributed by atoms with van der Waals surface area (Å²) in [6.07, 6.45) is -4.62. The number of alkyl halides is 3. The molecule has 0 saturated carbocycles. The molecule has 1 aromatic carbocycles. The van der Waals surface area contributed by atoms with Gasteiger partial charge in [-0.25, -0.2) is 9.38 Å². The van der Waals surface area contributed by atoms with Crippen LogP contribution in [-0.4, -0.2) is 12.5 Å². The van der Waals surface area contributed by atoms with Crippen LogP contribution in [0, 0.1) is 11.7 Å². The lowest BCUT2D eigenvalue weighted by molar-refractivity contribution is -0.138. The van der Waals surface area contributed by atoms with Crippen LogP contribution in [0.1, 0.15) is 25.0 Å². The molecular formula is C13H18F4IN3. The predicted octanol–water partition coefficient (Wildman–Crippen LogP) is 3.52. The molecule has 3 nitrogen and oxygen atoms in total. The highest BCUT2D eigenvalue weighted by molar-refractivity contribution is 14.0. The highest BCUT2D eigenvalue weighted by Crippen LogP contribution is 2.32. The van der Waals surface area contributed by atoms with E-state index >= 15 is 0 Å². The van der Waals surface area contributed by atoms with Gasteiger partial charge in [0.25, 0.3) is 0 Å². The Kier molecular flexibility index (Phi) is 7.98. The first-order chi connectivity index (χ1) is 9.20. The topological polar surface area (TPSA) is 50.4 Å². The third-order valence-corrected chi connectivity index (χ3v) is 2.49. The van der Waals surface area contributed by atoms with Crippen molar-refractivity contribution in [2.45, 2.75) is 26.6 Å². The van der Waals surface area contributed by atoms with E-state index in [1.54, 1.807) is 0 Å². The van der Waals surface area contributed by atoms with Gasteiger partial charge in [-0.15, -0.1) is 24.0 Å². The number of hydrogen-bond donors (Lipinski definition) is 2. The third kappa shape index (κ3) is 6.96. The van der Waals surface area contributed by atoms with E-state index in [0.29, 0.717) is 18.5 Å². The number of benzene rings is 1. The first-order valence-corrected chi connectivity index (χ1v) is 6.09. The zero-order valence-electron chi connectivity index (χ0n) is 11.7. The van der Waals surface area contributed by atoms with Crippen LogP contribution < -0.4 is 11.1 Å². The maximum atomic E-state index is 12.9. The Morgan fingerprint density at radius 1 is 1.33 bits per heavy atom. The molecule has 0 spiro atoms. The quantitative estimate of drug-likeness (QED) is 0.340. The fourth-order valence-corrected chi connectivity index (χ4v) is 1.49. The Hall–Kier alpha value is -1.06. The monoisotopic (exact) mass is 419 g/mol. The summed E-state index contributed by atoms with van der Waals surface area (Å²) in [5.41, 5.74) is 4.40. The van der Waals surface area contributed by atoms with E-state index in [9.17, 15) is 17.6 Å². The predicted molar refractivity (Wildman–Crippen MR) is 85.0 cm³/mol. The molecule has 120 valence electrons. The average Bonchev–Trinajstić information content (AvgIpc) is 2.33. The second-order valence-electron chi connectivity index (χ2n) is 4.78. The molecule has 0 aliphatic rings. The van der Waals surface area contributed by atoms with Gasteiger partial charge in [-0.05, 0) is 23.6 Å². The molecule has 0 radical (unpaired) electrons. The van der Waals surface area contributed by atoms with Crippen molar-refractivity contribution in [3.8, 4) is 0 Å². The second kappa shape index (κ2) is 8.40. The van der Waals surface area contributed by atoms with Crippen LogP contribution in [0.3, 0.4) is 0 Å². The number of nitrogens with zero attached hydrogens (tertiary/aromatic N) is 1. The van der Waals surface area contributed by atoms with Crippen molar-refractivity contribution in [3.63, 3.8) is 0 Å². The number of nitrogens with two attached hydrogens (primary N) is 1. The summed E-state index contributed by atoms with van der Waals surface area (Å²) < 4.78 is 51.1. The summed E-state index contributed by atoms with van der Waals surface area (Å²) >= 11 is 0. The van der Waals surface area contributed by atoms with Crippen molar-refractivity contribution >= 4 is 29.9 Å². The Balaban J connectivity index is 0.00000400. The smallest absolute Gasteiger partial charge is 0.370 e. The number of guanidine groups is 1. The first kappa shape index (κ1) is 19.9. The second-order valence-corrected chi connectivity index (χ2v) is 4.78. The summed E-state index contributed by atoms with van der Waals surface area (Å²) in [6.45, 7) is 4.24. The zero-order chi connectivity index (χ0) is 15.3. The zero-order valence-corrected chi connectivity index (χ0v) is 14.0. The highest BCUT2D eigenvalue weighted by atomic mass is 127. The Morgan fingerprint density at radius 2 is 1.95 bits per heavy atom. The van der Waals surface area contributed by atoms with E-state index in [1.165, 1.54) is 0 Å². The lowest BCUT2D eigenvalue weighted by Crippen LogP contribution is -2.34. The summed E-state index contributed by atoms with van der Waals surface area (Å²) in [5.74, 6) is -0.535. The summed E-state index contributed by atoms with van der Waals surface area (Å²) in [7, 11) is 0. The first-order valence-electron chi connectivity index (χ1n) is 6.09. The van der Waals surface area contributed by atoms with Crippen molar-refractivity contribution < 1.29 is 17.6 Å². The van der Waals surface area contributed by atoms with Gasteiger partial charge >= 0.3 is 6.18 Å². The van der Waals surface area contributed by atoms with Crippen LogP contribution in [0.15, 0.2) is 23.2 Å². The van der Waals surface area contributed by atoms with Gasteiger partial charge in [0.2, 0.25) is 0 Å². The molecule has 0 heterocycles. The fraction of sp³-hybridized carbons (Fsp3) is 0.462. The Labute approximate surface area is 138 Å². The van der Waals surface area contributed by atoms with E-state index in [0.717, 1.165) is 12.1 Å². The SMILES string of the molecule is CC(C)CNC(N)=NCc1ccc(F)cc1C(F)(F)F.I. The summed E-state index contributed by atoms with van der Waals surface area (Å²) in [4.78, 5) is 3.83. The number of halogens is 5. The van der Waals surface area contributed by atoms with E-state index < -0.39 is 17.6 Å². The lowest BCUT2D eigenvalue weighted by atomic mass is 10.1. The molecule has 0 aliphatic heterocycles. The number of hydrogen-bond acceptors (Lipinski definition) is 1. The van der Waals surface area contributed by atoms with Crippen LogP contribution in [0.5, 0.6) is 0 Å². The van der Waals surface area contributed by atoms with Crippen LogP contribution in [-0.2, 0) is 12.7 Å². The third-order valence-electron chi connectivity index (χ3n) is 2.49. The molecule has 0 atom stereocenters. The van der Waals surface area contributed by atoms with E-state index in [4.69, 9.17) is 5.73 Å². The van der Waals surface area contributed by atoms with Crippen LogP contribution in [0.25, 0.3) is 0 Å². The van der Waals surface area contributed by atoms with E-state index in [-0.39, 0.29) is 42.0 Å². The molecular weight excluding hydrogens is 401 g/mol. The van der Waals surface area contributed by atoms with Gasteiger partial charge in [-0.1, -0.05) is 19.9 Å². The van der Waals surface area contributed by atoms with Crippen LogP contribution in [0.4, 0.5) is 17.6 Å². The van der Waals surface area contributed by atoms with Gasteiger partial charge in [-0.2, -0.15) is 13.2 Å². The molecule has 3 N–H and O–H groups in total. The Morgan fingerprint density at radius 3 is 2.48 bits per heavy atom. The normalized spacial score (nSPS) is 12.2. The standard InChI is InChI=1S/C13H17F4N3.HI/c1-8(2)6-19-12(18)20-7-9-3-4-10(14)5-11(9)13(15,16)17;/h3-5,8H,6-7H2,1-2H3,(H3,18,19,20);1H. The minimum absolute atomic E-state index is 0. The maximum absolute atomic E-state index is 12.9. The molecule has 0 amide bonds. The number of aliphatic imine (C=N–C) groups is 1. The van der Waals surface area contributed by atoms with Crippen LogP contribution in [0.2, 0.25) is 0 Å². The van der Waals surface area contributed by atoms with Gasteiger partial charge in [0, 0.05) is 6.54 Å². The molecule has 0 unspecified atom stereocenters. The summed E-state index contributed by atoms with van der Waals surface area (Å²) in [5, 5.41) is 2.79. The van der Waals surface area contributed by atoms with Gasteiger partial charge in [0.05, 0.1) is 12.1 Å². The molecule has 0 fully saturated rings. The molecule has 0 aliphatic carbocycles. The van der Waals surface area contributed by atoms with E-state index in [1.807, 2.05) is 13.8 Å². The number of nitrogens with one attached hydrogen (secondary N) is 1. The maximum Gasteiger partial charge on any atom is 0.416 e. The molecule has 1 rings (SSSR count). The van der Waals surface area contributed by atoms with Crippen molar-refractivity contribution in [2.24, 2.45) is 16.6 Å². The Bertz CT molecular complexity index is 487. The fourth-order valence-electron chi connectivity index (χ4n) is 1.49. The van der Waals surface area contributed by atoms with Crippen molar-refractivity contribution in [2.75, 3.05) is 6.54 Å². The van der Waals surface area contributed by atoms with Crippen molar-refractivity contribution in [1.29, 1.82) is 0 Å². The highest BCUT2D eigenvalue weighted by Gasteiger charge is 2.33. The largest absolute Gasteiger partial charge is 0.416 e. The van der Waals surface area contributed by atoms with Crippen molar-refractivity contribution in [3.05, 3.63) is 35.1 Å². The van der Waals surface area contributed by atoms with Gasteiger partial charge < -0.3 is 11.1 Å². The number of rotatable bonds is 4. The molecule has 1 aromatic rings. The molecule has 0 saturated heterocycles. The van der Waals surface area contributed by atoms with Gasteiger partial charge in [0.15, 0.2) is 5.96 Å². The van der Waals surface area contributed by atoms with Gasteiger partial charge in [-0.3, -0.25) is 0 Å². The molecule has 21 heavy (non-hydrogen) atoms. The molecule has 8 heteroatoms. The summed E-state index contributed by atoms with van der Waals surface area (Å²) in [6, 6.07) is 2.50. The average molecular weight is 419 g/mol. The van der Waals surface area contributed by atoms with Crippen LogP contribution >= 0.6 is 24.0 Å². The minimum atomic E-state index is -4.62. The molecule has 0 aromatic heterocycles. The van der Waals surface area contributed by atoms with E-state index in [2.05, 4.69) is 10.3 Å². The minimum Gasteiger partial charge on any atom is -0.370 e. The lowest BCUT2D eigenvalue weighted by Gasteiger charge is -2.12.